The minimum atomic E-state index is -0.909. The van der Waals surface area contributed by atoms with E-state index < -0.39 is 10.8 Å². The highest BCUT2D eigenvalue weighted by molar-refractivity contribution is 7.85. The van der Waals surface area contributed by atoms with Crippen LogP contribution in [0.5, 0.6) is 0 Å². The van der Waals surface area contributed by atoms with Crippen LogP contribution in [0.3, 0.4) is 0 Å². The molecule has 0 radical (unpaired) electrons. The molecule has 0 bridgehead atoms. The standard InChI is InChI=1S/C13H19NOS/c1-7-5-11-12(6-8(7)2)16(15)10(4)9(3)13(11)14/h5-6,9-10,13H,14H2,1-4H3. The molecule has 88 valence electrons. The van der Waals surface area contributed by atoms with Crippen molar-refractivity contribution in [2.45, 2.75) is 43.9 Å². The van der Waals surface area contributed by atoms with Crippen molar-refractivity contribution >= 4 is 10.8 Å². The molecule has 1 aliphatic heterocycles. The van der Waals surface area contributed by atoms with E-state index in [1.54, 1.807) is 0 Å². The van der Waals surface area contributed by atoms with Gasteiger partial charge in [0.15, 0.2) is 0 Å². The van der Waals surface area contributed by atoms with Crippen LogP contribution in [-0.4, -0.2) is 9.46 Å². The van der Waals surface area contributed by atoms with Gasteiger partial charge in [0.1, 0.15) is 0 Å². The molecule has 0 amide bonds. The molecule has 0 saturated heterocycles. The third-order valence-corrected chi connectivity index (χ3v) is 5.74. The Morgan fingerprint density at radius 3 is 2.38 bits per heavy atom. The third kappa shape index (κ3) is 1.62. The molecule has 1 heterocycles. The smallest absolute Gasteiger partial charge is 0.0564 e. The molecule has 0 fully saturated rings. The second-order valence-corrected chi connectivity index (χ2v) is 6.64. The first-order valence-electron chi connectivity index (χ1n) is 5.70. The van der Waals surface area contributed by atoms with Gasteiger partial charge in [-0.05, 0) is 42.5 Å². The van der Waals surface area contributed by atoms with Crippen molar-refractivity contribution < 1.29 is 4.21 Å². The van der Waals surface area contributed by atoms with Gasteiger partial charge >= 0.3 is 0 Å². The summed E-state index contributed by atoms with van der Waals surface area (Å²) < 4.78 is 12.3. The van der Waals surface area contributed by atoms with E-state index in [-0.39, 0.29) is 17.2 Å². The molecule has 1 aromatic rings. The number of nitrogens with two attached hydrogens (primary N) is 1. The van der Waals surface area contributed by atoms with Gasteiger partial charge in [-0.15, -0.1) is 0 Å². The molecule has 16 heavy (non-hydrogen) atoms. The molecule has 0 aliphatic carbocycles. The summed E-state index contributed by atoms with van der Waals surface area (Å²) in [5.74, 6) is 0.274. The molecule has 4 atom stereocenters. The van der Waals surface area contributed by atoms with Crippen LogP contribution < -0.4 is 5.73 Å². The Bertz CT molecular complexity index is 455. The Morgan fingerprint density at radius 2 is 1.75 bits per heavy atom. The van der Waals surface area contributed by atoms with Gasteiger partial charge in [-0.25, -0.2) is 0 Å². The molecule has 4 unspecified atom stereocenters. The average molecular weight is 237 g/mol. The first-order valence-corrected chi connectivity index (χ1v) is 6.92. The Kier molecular flexibility index (Phi) is 2.93. The van der Waals surface area contributed by atoms with E-state index in [9.17, 15) is 4.21 Å². The summed E-state index contributed by atoms with van der Waals surface area (Å²) in [6.07, 6.45) is 0. The molecule has 3 heteroatoms. The minimum Gasteiger partial charge on any atom is -0.324 e. The maximum absolute atomic E-state index is 12.3. The van der Waals surface area contributed by atoms with Crippen LogP contribution in [0, 0.1) is 19.8 Å². The number of fused-ring (bicyclic) bond motifs is 1. The van der Waals surface area contributed by atoms with Crippen LogP contribution >= 0.6 is 0 Å². The van der Waals surface area contributed by atoms with Crippen LogP contribution in [0.15, 0.2) is 17.0 Å². The van der Waals surface area contributed by atoms with Gasteiger partial charge in [0.05, 0.1) is 10.8 Å². The first-order chi connectivity index (χ1) is 7.43. The highest BCUT2D eigenvalue weighted by atomic mass is 32.2. The minimum absolute atomic E-state index is 0.0157. The fourth-order valence-electron chi connectivity index (χ4n) is 2.22. The van der Waals surface area contributed by atoms with Crippen molar-refractivity contribution in [2.24, 2.45) is 11.7 Å². The van der Waals surface area contributed by atoms with Crippen molar-refractivity contribution in [3.63, 3.8) is 0 Å². The number of hydrogen-bond donors (Lipinski definition) is 1. The highest BCUT2D eigenvalue weighted by Crippen LogP contribution is 2.37. The Balaban J connectivity index is 2.64. The van der Waals surface area contributed by atoms with E-state index in [1.165, 1.54) is 11.1 Å². The number of aryl methyl sites for hydroxylation is 2. The normalized spacial score (nSPS) is 33.6. The molecule has 2 rings (SSSR count). The van der Waals surface area contributed by atoms with Gasteiger partial charge in [-0.2, -0.15) is 0 Å². The maximum Gasteiger partial charge on any atom is 0.0564 e. The Labute approximate surface area is 99.7 Å². The molecular weight excluding hydrogens is 218 g/mol. The number of benzene rings is 1. The van der Waals surface area contributed by atoms with Gasteiger partial charge in [-0.1, -0.05) is 19.9 Å². The lowest BCUT2D eigenvalue weighted by molar-refractivity contribution is 0.441. The fraction of sp³-hybridized carbons (Fsp3) is 0.538. The van der Waals surface area contributed by atoms with E-state index in [0.717, 1.165) is 10.5 Å². The van der Waals surface area contributed by atoms with Crippen LogP contribution in [0.25, 0.3) is 0 Å². The van der Waals surface area contributed by atoms with E-state index >= 15 is 0 Å². The average Bonchev–Trinajstić information content (AvgIpc) is 2.26. The lowest BCUT2D eigenvalue weighted by Crippen LogP contribution is -2.36. The first kappa shape index (κ1) is 11.8. The van der Waals surface area contributed by atoms with Crippen molar-refractivity contribution in [1.82, 2.24) is 0 Å². The van der Waals surface area contributed by atoms with Crippen LogP contribution in [0.4, 0.5) is 0 Å². The summed E-state index contributed by atoms with van der Waals surface area (Å²) in [6.45, 7) is 8.25. The van der Waals surface area contributed by atoms with Crippen molar-refractivity contribution in [3.8, 4) is 0 Å². The zero-order valence-corrected chi connectivity index (χ0v) is 11.1. The Morgan fingerprint density at radius 1 is 1.19 bits per heavy atom. The molecule has 0 aromatic heterocycles. The van der Waals surface area contributed by atoms with Gasteiger partial charge in [-0.3, -0.25) is 4.21 Å². The van der Waals surface area contributed by atoms with Crippen molar-refractivity contribution in [1.29, 1.82) is 0 Å². The van der Waals surface area contributed by atoms with Gasteiger partial charge in [0.25, 0.3) is 0 Å². The molecule has 1 aromatic carbocycles. The second-order valence-electron chi connectivity index (χ2n) is 4.86. The largest absolute Gasteiger partial charge is 0.324 e. The predicted octanol–water partition coefficient (Wildman–Crippen LogP) is 2.45. The third-order valence-electron chi connectivity index (χ3n) is 3.85. The Hall–Kier alpha value is -0.670. The molecule has 1 aliphatic rings. The summed E-state index contributed by atoms with van der Waals surface area (Å²) in [5, 5.41) is 0.143. The SMILES string of the molecule is Cc1cc2c(cc1C)S(=O)C(C)C(C)C2N. The molecule has 0 saturated carbocycles. The van der Waals surface area contributed by atoms with E-state index in [1.807, 2.05) is 13.0 Å². The van der Waals surface area contributed by atoms with Gasteiger partial charge in [0.2, 0.25) is 0 Å². The lowest BCUT2D eigenvalue weighted by Gasteiger charge is -2.33. The summed E-state index contributed by atoms with van der Waals surface area (Å²) in [4.78, 5) is 0.946. The van der Waals surface area contributed by atoms with Gasteiger partial charge in [0, 0.05) is 16.2 Å². The zero-order valence-electron chi connectivity index (χ0n) is 10.3. The van der Waals surface area contributed by atoms with Crippen LogP contribution in [0.2, 0.25) is 0 Å². The summed E-state index contributed by atoms with van der Waals surface area (Å²) >= 11 is 0. The van der Waals surface area contributed by atoms with Crippen LogP contribution in [-0.2, 0) is 10.8 Å². The summed E-state index contributed by atoms with van der Waals surface area (Å²) in [6, 6.07) is 4.17. The maximum atomic E-state index is 12.3. The monoisotopic (exact) mass is 237 g/mol. The quantitative estimate of drug-likeness (QED) is 0.753. The lowest BCUT2D eigenvalue weighted by atomic mass is 9.90. The summed E-state index contributed by atoms with van der Waals surface area (Å²) in [7, 11) is -0.909. The molecular formula is C13H19NOS. The molecule has 2 N–H and O–H groups in total. The van der Waals surface area contributed by atoms with Crippen LogP contribution in [0.1, 0.15) is 36.6 Å². The number of hydrogen-bond acceptors (Lipinski definition) is 2. The fourth-order valence-corrected chi connectivity index (χ4v) is 3.90. The number of rotatable bonds is 0. The second kappa shape index (κ2) is 3.97. The molecule has 0 spiro atoms. The highest BCUT2D eigenvalue weighted by Gasteiger charge is 2.34. The summed E-state index contributed by atoms with van der Waals surface area (Å²) in [5.41, 5.74) is 9.73. The predicted molar refractivity (Wildman–Crippen MR) is 67.9 cm³/mol. The van der Waals surface area contributed by atoms with E-state index in [0.29, 0.717) is 0 Å². The topological polar surface area (TPSA) is 43.1 Å². The van der Waals surface area contributed by atoms with E-state index in [2.05, 4.69) is 26.8 Å². The van der Waals surface area contributed by atoms with E-state index in [4.69, 9.17) is 5.73 Å². The van der Waals surface area contributed by atoms with Crippen molar-refractivity contribution in [2.75, 3.05) is 0 Å². The van der Waals surface area contributed by atoms with Crippen molar-refractivity contribution in [3.05, 3.63) is 28.8 Å². The molecule has 2 nitrogen and oxygen atoms in total. The zero-order chi connectivity index (χ0) is 12.0. The van der Waals surface area contributed by atoms with Gasteiger partial charge < -0.3 is 5.73 Å².